The SMILES string of the molecule is CCN(CC)CCOc1cc(NC(=O)c2ccc(NC(=O)NC3CC3)cc2)ccc1OC. The van der Waals surface area contributed by atoms with E-state index in [9.17, 15) is 9.59 Å². The van der Waals surface area contributed by atoms with E-state index in [4.69, 9.17) is 9.47 Å². The minimum atomic E-state index is -0.252. The molecule has 2 aromatic rings. The van der Waals surface area contributed by atoms with Crippen LogP contribution in [0.1, 0.15) is 37.0 Å². The summed E-state index contributed by atoms with van der Waals surface area (Å²) in [5.41, 5.74) is 1.73. The summed E-state index contributed by atoms with van der Waals surface area (Å²) in [6.07, 6.45) is 2.06. The van der Waals surface area contributed by atoms with Crippen LogP contribution in [-0.4, -0.2) is 56.2 Å². The second kappa shape index (κ2) is 11.4. The summed E-state index contributed by atoms with van der Waals surface area (Å²) in [4.78, 5) is 26.8. The average Bonchev–Trinajstić information content (AvgIpc) is 3.61. The molecule has 2 aromatic carbocycles. The lowest BCUT2D eigenvalue weighted by atomic mass is 10.2. The van der Waals surface area contributed by atoms with E-state index in [1.807, 2.05) is 0 Å². The van der Waals surface area contributed by atoms with Gasteiger partial charge in [-0.15, -0.1) is 0 Å². The number of carbonyl (C=O) groups is 2. The van der Waals surface area contributed by atoms with Gasteiger partial charge in [-0.1, -0.05) is 13.8 Å². The maximum Gasteiger partial charge on any atom is 0.319 e. The molecule has 0 aromatic heterocycles. The van der Waals surface area contributed by atoms with E-state index in [-0.39, 0.29) is 18.0 Å². The van der Waals surface area contributed by atoms with Crippen molar-refractivity contribution in [2.24, 2.45) is 0 Å². The number of likely N-dealkylation sites (N-methyl/N-ethyl adjacent to an activating group) is 1. The lowest BCUT2D eigenvalue weighted by Gasteiger charge is -2.19. The monoisotopic (exact) mass is 440 g/mol. The number of methoxy groups -OCH3 is 1. The van der Waals surface area contributed by atoms with Gasteiger partial charge in [-0.25, -0.2) is 4.79 Å². The smallest absolute Gasteiger partial charge is 0.319 e. The van der Waals surface area contributed by atoms with E-state index in [0.717, 1.165) is 32.5 Å². The van der Waals surface area contributed by atoms with Crippen LogP contribution in [0.25, 0.3) is 0 Å². The molecule has 3 rings (SSSR count). The third-order valence-electron chi connectivity index (χ3n) is 5.30. The number of rotatable bonds is 11. The summed E-state index contributed by atoms with van der Waals surface area (Å²) >= 11 is 0. The maximum atomic E-state index is 12.7. The lowest BCUT2D eigenvalue weighted by molar-refractivity contribution is 0.102. The average molecular weight is 441 g/mol. The Morgan fingerprint density at radius 3 is 2.28 bits per heavy atom. The highest BCUT2D eigenvalue weighted by molar-refractivity contribution is 6.04. The Hall–Kier alpha value is -3.26. The first-order chi connectivity index (χ1) is 15.5. The van der Waals surface area contributed by atoms with Crippen LogP contribution in [0.15, 0.2) is 42.5 Å². The quantitative estimate of drug-likeness (QED) is 0.492. The van der Waals surface area contributed by atoms with Crippen LogP contribution in [-0.2, 0) is 0 Å². The summed E-state index contributed by atoms with van der Waals surface area (Å²) in [6.45, 7) is 7.50. The van der Waals surface area contributed by atoms with E-state index >= 15 is 0 Å². The van der Waals surface area contributed by atoms with Crippen LogP contribution in [0.3, 0.4) is 0 Å². The summed E-state index contributed by atoms with van der Waals surface area (Å²) in [6, 6.07) is 12.1. The van der Waals surface area contributed by atoms with E-state index in [0.29, 0.717) is 35.0 Å². The zero-order chi connectivity index (χ0) is 22.9. The van der Waals surface area contributed by atoms with Crippen molar-refractivity contribution in [3.63, 3.8) is 0 Å². The van der Waals surface area contributed by atoms with Crippen molar-refractivity contribution >= 4 is 23.3 Å². The van der Waals surface area contributed by atoms with Gasteiger partial charge < -0.3 is 30.3 Å². The highest BCUT2D eigenvalue weighted by Gasteiger charge is 2.23. The summed E-state index contributed by atoms with van der Waals surface area (Å²) < 4.78 is 11.3. The van der Waals surface area contributed by atoms with Crippen molar-refractivity contribution in [3.05, 3.63) is 48.0 Å². The largest absolute Gasteiger partial charge is 0.493 e. The van der Waals surface area contributed by atoms with Gasteiger partial charge in [-0.05, 0) is 62.3 Å². The standard InChI is InChI=1S/C24H32N4O4/c1-4-28(5-2)14-15-32-22-16-20(12-13-21(22)31-3)25-23(29)17-6-8-18(9-7-17)26-24(30)27-19-10-11-19/h6-9,12-13,16,19H,4-5,10-11,14-15H2,1-3H3,(H,25,29)(H2,26,27,30). The van der Waals surface area contributed by atoms with Gasteiger partial charge in [0.2, 0.25) is 0 Å². The van der Waals surface area contributed by atoms with Gasteiger partial charge in [0.1, 0.15) is 6.61 Å². The predicted octanol–water partition coefficient (Wildman–Crippen LogP) is 3.95. The second-order valence-corrected chi connectivity index (χ2v) is 7.65. The second-order valence-electron chi connectivity index (χ2n) is 7.65. The Bertz CT molecular complexity index is 909. The predicted molar refractivity (Wildman–Crippen MR) is 126 cm³/mol. The molecule has 0 unspecified atom stereocenters. The van der Waals surface area contributed by atoms with Gasteiger partial charge in [0.05, 0.1) is 7.11 Å². The first kappa shape index (κ1) is 23.4. The summed E-state index contributed by atoms with van der Waals surface area (Å²) in [7, 11) is 1.59. The van der Waals surface area contributed by atoms with Crippen molar-refractivity contribution < 1.29 is 19.1 Å². The first-order valence-corrected chi connectivity index (χ1v) is 11.0. The minimum absolute atomic E-state index is 0.226. The molecule has 0 atom stereocenters. The molecule has 0 heterocycles. The van der Waals surface area contributed by atoms with Crippen LogP contribution in [0.2, 0.25) is 0 Å². The van der Waals surface area contributed by atoms with Gasteiger partial charge >= 0.3 is 6.03 Å². The first-order valence-electron chi connectivity index (χ1n) is 11.0. The number of anilines is 2. The fourth-order valence-electron chi connectivity index (χ4n) is 3.18. The molecule has 1 aliphatic rings. The molecule has 0 spiro atoms. The summed E-state index contributed by atoms with van der Waals surface area (Å²) in [5, 5.41) is 8.51. The Morgan fingerprint density at radius 2 is 1.66 bits per heavy atom. The number of nitrogens with one attached hydrogen (secondary N) is 3. The lowest BCUT2D eigenvalue weighted by Crippen LogP contribution is -2.30. The topological polar surface area (TPSA) is 91.9 Å². The zero-order valence-electron chi connectivity index (χ0n) is 18.9. The van der Waals surface area contributed by atoms with Gasteiger partial charge in [0.25, 0.3) is 5.91 Å². The number of carbonyl (C=O) groups excluding carboxylic acids is 2. The number of ether oxygens (including phenoxy) is 2. The van der Waals surface area contributed by atoms with Gasteiger partial charge in [0, 0.05) is 35.6 Å². The molecule has 172 valence electrons. The van der Waals surface area contributed by atoms with Gasteiger partial charge in [-0.2, -0.15) is 0 Å². The third kappa shape index (κ3) is 6.88. The molecular weight excluding hydrogens is 408 g/mol. The van der Waals surface area contributed by atoms with Crippen molar-refractivity contribution in [2.45, 2.75) is 32.7 Å². The van der Waals surface area contributed by atoms with Crippen molar-refractivity contribution in [1.29, 1.82) is 0 Å². The molecule has 1 saturated carbocycles. The number of benzene rings is 2. The van der Waals surface area contributed by atoms with Crippen LogP contribution < -0.4 is 25.4 Å². The molecule has 0 saturated heterocycles. The summed E-state index contributed by atoms with van der Waals surface area (Å²) in [5.74, 6) is 0.944. The Labute approximate surface area is 189 Å². The molecule has 32 heavy (non-hydrogen) atoms. The molecule has 3 N–H and O–H groups in total. The van der Waals surface area contributed by atoms with Crippen molar-refractivity contribution in [1.82, 2.24) is 10.2 Å². The Kier molecular flexibility index (Phi) is 8.33. The fourth-order valence-corrected chi connectivity index (χ4v) is 3.18. The molecule has 8 nitrogen and oxygen atoms in total. The highest BCUT2D eigenvalue weighted by Crippen LogP contribution is 2.30. The molecule has 1 aliphatic carbocycles. The van der Waals surface area contributed by atoms with E-state index in [2.05, 4.69) is 34.7 Å². The molecule has 0 radical (unpaired) electrons. The normalized spacial score (nSPS) is 12.9. The molecule has 0 bridgehead atoms. The van der Waals surface area contributed by atoms with E-state index in [1.165, 1.54) is 0 Å². The molecule has 0 aliphatic heterocycles. The van der Waals surface area contributed by atoms with Crippen LogP contribution >= 0.6 is 0 Å². The number of hydrogen-bond donors (Lipinski definition) is 3. The Balaban J connectivity index is 1.58. The van der Waals surface area contributed by atoms with Crippen molar-refractivity contribution in [3.8, 4) is 11.5 Å². The van der Waals surface area contributed by atoms with Crippen LogP contribution in [0, 0.1) is 0 Å². The number of hydrogen-bond acceptors (Lipinski definition) is 5. The number of urea groups is 1. The number of amides is 3. The maximum absolute atomic E-state index is 12.7. The Morgan fingerprint density at radius 1 is 0.969 bits per heavy atom. The molecular formula is C24H32N4O4. The van der Waals surface area contributed by atoms with Crippen molar-refractivity contribution in [2.75, 3.05) is 44.0 Å². The zero-order valence-corrected chi connectivity index (χ0v) is 18.9. The van der Waals surface area contributed by atoms with Crippen LogP contribution in [0.5, 0.6) is 11.5 Å². The minimum Gasteiger partial charge on any atom is -0.493 e. The molecule has 3 amide bonds. The van der Waals surface area contributed by atoms with Crippen LogP contribution in [0.4, 0.5) is 16.2 Å². The van der Waals surface area contributed by atoms with Gasteiger partial charge in [0.15, 0.2) is 11.5 Å². The fraction of sp³-hybridized carbons (Fsp3) is 0.417. The van der Waals surface area contributed by atoms with E-state index < -0.39 is 0 Å². The molecule has 1 fully saturated rings. The highest BCUT2D eigenvalue weighted by atomic mass is 16.5. The van der Waals surface area contributed by atoms with Gasteiger partial charge in [-0.3, -0.25) is 4.79 Å². The molecule has 8 heteroatoms. The number of nitrogens with zero attached hydrogens (tertiary/aromatic N) is 1. The van der Waals surface area contributed by atoms with E-state index in [1.54, 1.807) is 49.6 Å². The third-order valence-corrected chi connectivity index (χ3v) is 5.30.